The summed E-state index contributed by atoms with van der Waals surface area (Å²) in [6.07, 6.45) is 5.94. The Hall–Kier alpha value is -1.61. The second kappa shape index (κ2) is 4.28. The predicted octanol–water partition coefficient (Wildman–Crippen LogP) is 2.54. The number of H-pyrrole nitrogens is 1. The average molecular weight is 204 g/mol. The molecular formula is C12H13FN2. The van der Waals surface area contributed by atoms with Crippen LogP contribution in [0.25, 0.3) is 17.0 Å². The minimum atomic E-state index is -0.213. The molecule has 78 valence electrons. The zero-order valence-corrected chi connectivity index (χ0v) is 8.55. The van der Waals surface area contributed by atoms with Gasteiger partial charge < -0.3 is 10.3 Å². The van der Waals surface area contributed by atoms with Crippen molar-refractivity contribution in [2.75, 3.05) is 13.6 Å². The summed E-state index contributed by atoms with van der Waals surface area (Å²) in [7, 11) is 1.90. The molecule has 0 amide bonds. The van der Waals surface area contributed by atoms with Crippen LogP contribution in [0.15, 0.2) is 30.5 Å². The number of rotatable bonds is 3. The Labute approximate surface area is 87.8 Å². The van der Waals surface area contributed by atoms with Crippen LogP contribution in [0, 0.1) is 5.82 Å². The largest absolute Gasteiger partial charge is 0.360 e. The normalized spacial score (nSPS) is 11.6. The second-order valence-corrected chi connectivity index (χ2v) is 3.39. The lowest BCUT2D eigenvalue weighted by Crippen LogP contribution is -2.03. The van der Waals surface area contributed by atoms with Crippen molar-refractivity contribution in [3.8, 4) is 0 Å². The first kappa shape index (κ1) is 9.93. The van der Waals surface area contributed by atoms with E-state index in [2.05, 4.69) is 10.3 Å². The SMILES string of the molecule is CNCC=Cc1c[nH]c2cc(F)ccc12. The van der Waals surface area contributed by atoms with Crippen LogP contribution in [0.1, 0.15) is 5.56 Å². The standard InChI is InChI=1S/C12H13FN2/c1-14-6-2-3-9-8-15-12-7-10(13)4-5-11(9)12/h2-5,7-8,14-15H,6H2,1H3. The smallest absolute Gasteiger partial charge is 0.125 e. The third-order valence-corrected chi connectivity index (χ3v) is 2.30. The van der Waals surface area contributed by atoms with E-state index < -0.39 is 0 Å². The maximum Gasteiger partial charge on any atom is 0.125 e. The van der Waals surface area contributed by atoms with Gasteiger partial charge in [0.25, 0.3) is 0 Å². The van der Waals surface area contributed by atoms with E-state index in [-0.39, 0.29) is 5.82 Å². The summed E-state index contributed by atoms with van der Waals surface area (Å²) in [5, 5.41) is 4.08. The van der Waals surface area contributed by atoms with Gasteiger partial charge in [0.15, 0.2) is 0 Å². The van der Waals surface area contributed by atoms with Crippen molar-refractivity contribution in [1.82, 2.24) is 10.3 Å². The van der Waals surface area contributed by atoms with Crippen LogP contribution in [-0.4, -0.2) is 18.6 Å². The molecular weight excluding hydrogens is 191 g/mol. The highest BCUT2D eigenvalue weighted by molar-refractivity contribution is 5.88. The van der Waals surface area contributed by atoms with Gasteiger partial charge in [0.2, 0.25) is 0 Å². The summed E-state index contributed by atoms with van der Waals surface area (Å²) < 4.78 is 12.9. The summed E-state index contributed by atoms with van der Waals surface area (Å²) in [6.45, 7) is 0.827. The molecule has 15 heavy (non-hydrogen) atoms. The number of aromatic amines is 1. The molecule has 0 spiro atoms. The number of hydrogen-bond donors (Lipinski definition) is 2. The molecule has 1 aromatic heterocycles. The van der Waals surface area contributed by atoms with Crippen LogP contribution < -0.4 is 5.32 Å². The monoisotopic (exact) mass is 204 g/mol. The predicted molar refractivity (Wildman–Crippen MR) is 61.2 cm³/mol. The Balaban J connectivity index is 2.36. The second-order valence-electron chi connectivity index (χ2n) is 3.39. The van der Waals surface area contributed by atoms with Crippen LogP contribution in [0.3, 0.4) is 0 Å². The Bertz CT molecular complexity index is 485. The molecule has 2 nitrogen and oxygen atoms in total. The summed E-state index contributed by atoms with van der Waals surface area (Å²) in [6, 6.07) is 4.77. The molecule has 3 heteroatoms. The molecule has 0 bridgehead atoms. The first-order valence-electron chi connectivity index (χ1n) is 4.89. The van der Waals surface area contributed by atoms with Crippen molar-refractivity contribution in [1.29, 1.82) is 0 Å². The molecule has 1 heterocycles. The number of hydrogen-bond acceptors (Lipinski definition) is 1. The molecule has 2 N–H and O–H groups in total. The van der Waals surface area contributed by atoms with Gasteiger partial charge in [0, 0.05) is 23.6 Å². The Morgan fingerprint density at radius 3 is 3.13 bits per heavy atom. The topological polar surface area (TPSA) is 27.8 Å². The number of benzene rings is 1. The lowest BCUT2D eigenvalue weighted by molar-refractivity contribution is 0.629. The van der Waals surface area contributed by atoms with Crippen molar-refractivity contribution >= 4 is 17.0 Å². The molecule has 0 aliphatic rings. The fourth-order valence-electron chi connectivity index (χ4n) is 1.56. The van der Waals surface area contributed by atoms with Crippen molar-refractivity contribution < 1.29 is 4.39 Å². The van der Waals surface area contributed by atoms with Gasteiger partial charge in [-0.15, -0.1) is 0 Å². The highest BCUT2D eigenvalue weighted by Gasteiger charge is 2.00. The van der Waals surface area contributed by atoms with Gasteiger partial charge in [0.05, 0.1) is 0 Å². The molecule has 2 aromatic rings. The van der Waals surface area contributed by atoms with Gasteiger partial charge in [0.1, 0.15) is 5.82 Å². The summed E-state index contributed by atoms with van der Waals surface area (Å²) in [5.74, 6) is -0.213. The van der Waals surface area contributed by atoms with E-state index in [1.165, 1.54) is 12.1 Å². The van der Waals surface area contributed by atoms with Crippen molar-refractivity contribution in [3.63, 3.8) is 0 Å². The lowest BCUT2D eigenvalue weighted by atomic mass is 10.1. The number of likely N-dealkylation sites (N-methyl/N-ethyl adjacent to an activating group) is 1. The molecule has 0 aliphatic heterocycles. The van der Waals surface area contributed by atoms with Crippen molar-refractivity contribution in [2.24, 2.45) is 0 Å². The third kappa shape index (κ3) is 2.07. The molecule has 0 fully saturated rings. The van der Waals surface area contributed by atoms with Crippen LogP contribution in [0.4, 0.5) is 4.39 Å². The zero-order chi connectivity index (χ0) is 10.7. The molecule has 0 radical (unpaired) electrons. The molecule has 0 saturated heterocycles. The molecule has 0 aliphatic carbocycles. The van der Waals surface area contributed by atoms with E-state index in [1.807, 2.05) is 25.4 Å². The van der Waals surface area contributed by atoms with Crippen LogP contribution in [0.5, 0.6) is 0 Å². The third-order valence-electron chi connectivity index (χ3n) is 2.30. The molecule has 0 saturated carbocycles. The van der Waals surface area contributed by atoms with Gasteiger partial charge in [-0.1, -0.05) is 12.2 Å². The summed E-state index contributed by atoms with van der Waals surface area (Å²) in [4.78, 5) is 3.04. The van der Waals surface area contributed by atoms with Gasteiger partial charge in [-0.2, -0.15) is 0 Å². The van der Waals surface area contributed by atoms with Gasteiger partial charge in [-0.3, -0.25) is 0 Å². The number of nitrogens with one attached hydrogen (secondary N) is 2. The van der Waals surface area contributed by atoms with Crippen LogP contribution in [0.2, 0.25) is 0 Å². The molecule has 1 aromatic carbocycles. The van der Waals surface area contributed by atoms with E-state index in [0.717, 1.165) is 23.0 Å². The Morgan fingerprint density at radius 2 is 2.33 bits per heavy atom. The first-order chi connectivity index (χ1) is 7.31. The van der Waals surface area contributed by atoms with Gasteiger partial charge in [-0.25, -0.2) is 4.39 Å². The van der Waals surface area contributed by atoms with Gasteiger partial charge >= 0.3 is 0 Å². The fourth-order valence-corrected chi connectivity index (χ4v) is 1.56. The van der Waals surface area contributed by atoms with E-state index in [9.17, 15) is 4.39 Å². The average Bonchev–Trinajstić information content (AvgIpc) is 2.61. The maximum atomic E-state index is 12.9. The fraction of sp³-hybridized carbons (Fsp3) is 0.167. The molecule has 2 rings (SSSR count). The minimum Gasteiger partial charge on any atom is -0.360 e. The van der Waals surface area contributed by atoms with Crippen molar-refractivity contribution in [2.45, 2.75) is 0 Å². The van der Waals surface area contributed by atoms with E-state index in [1.54, 1.807) is 6.07 Å². The van der Waals surface area contributed by atoms with E-state index >= 15 is 0 Å². The first-order valence-corrected chi connectivity index (χ1v) is 4.89. The minimum absolute atomic E-state index is 0.213. The highest BCUT2D eigenvalue weighted by atomic mass is 19.1. The summed E-state index contributed by atoms with van der Waals surface area (Å²) in [5.41, 5.74) is 1.92. The number of fused-ring (bicyclic) bond motifs is 1. The van der Waals surface area contributed by atoms with Crippen LogP contribution in [-0.2, 0) is 0 Å². The molecule has 0 atom stereocenters. The number of aromatic nitrogens is 1. The Kier molecular flexibility index (Phi) is 2.83. The highest BCUT2D eigenvalue weighted by Crippen LogP contribution is 2.20. The van der Waals surface area contributed by atoms with Gasteiger partial charge in [-0.05, 0) is 30.8 Å². The lowest BCUT2D eigenvalue weighted by Gasteiger charge is -1.92. The zero-order valence-electron chi connectivity index (χ0n) is 8.55. The van der Waals surface area contributed by atoms with Crippen LogP contribution >= 0.6 is 0 Å². The molecule has 0 unspecified atom stereocenters. The van der Waals surface area contributed by atoms with E-state index in [0.29, 0.717) is 0 Å². The quantitative estimate of drug-likeness (QED) is 0.790. The van der Waals surface area contributed by atoms with E-state index in [4.69, 9.17) is 0 Å². The number of halogens is 1. The summed E-state index contributed by atoms with van der Waals surface area (Å²) >= 11 is 0. The maximum absolute atomic E-state index is 12.9. The van der Waals surface area contributed by atoms with Crippen molar-refractivity contribution in [3.05, 3.63) is 41.9 Å². The Morgan fingerprint density at radius 1 is 1.47 bits per heavy atom.